The van der Waals surface area contributed by atoms with E-state index in [4.69, 9.17) is 5.73 Å². The molecule has 3 amide bonds. The Labute approximate surface area is 171 Å². The monoisotopic (exact) mass is 417 g/mol. The largest absolute Gasteiger partial charge is 0.369 e. The third-order valence-electron chi connectivity index (χ3n) is 5.79. The van der Waals surface area contributed by atoms with Crippen LogP contribution >= 0.6 is 22.7 Å². The van der Waals surface area contributed by atoms with Gasteiger partial charge in [-0.2, -0.15) is 0 Å². The average molecular weight is 418 g/mol. The maximum absolute atomic E-state index is 12.7. The minimum absolute atomic E-state index is 0.0221. The van der Waals surface area contributed by atoms with Crippen molar-refractivity contribution in [2.75, 3.05) is 19.6 Å². The van der Waals surface area contributed by atoms with E-state index >= 15 is 0 Å². The maximum atomic E-state index is 12.7. The molecule has 28 heavy (non-hydrogen) atoms. The Hall–Kier alpha value is -2.19. The summed E-state index contributed by atoms with van der Waals surface area (Å²) in [5.74, 6) is -0.483. The first kappa shape index (κ1) is 19.1. The number of nitrogens with two attached hydrogens (primary N) is 1. The first-order valence-electron chi connectivity index (χ1n) is 9.38. The van der Waals surface area contributed by atoms with E-state index in [9.17, 15) is 14.4 Å². The fraction of sp³-hybridized carbons (Fsp3) is 0.450. The van der Waals surface area contributed by atoms with Crippen LogP contribution in [-0.2, 0) is 26.2 Å². The molecule has 0 bridgehead atoms. The van der Waals surface area contributed by atoms with E-state index in [-0.39, 0.29) is 31.4 Å². The Morgan fingerprint density at radius 1 is 1.11 bits per heavy atom. The Balaban J connectivity index is 1.31. The second-order valence-electron chi connectivity index (χ2n) is 7.72. The fourth-order valence-corrected chi connectivity index (χ4v) is 5.43. The highest BCUT2D eigenvalue weighted by atomic mass is 32.1. The molecule has 8 heteroatoms. The zero-order chi connectivity index (χ0) is 19.8. The van der Waals surface area contributed by atoms with Gasteiger partial charge in [0.2, 0.25) is 17.7 Å². The highest BCUT2D eigenvalue weighted by Gasteiger charge is 2.54. The molecule has 148 valence electrons. The Morgan fingerprint density at radius 3 is 2.39 bits per heavy atom. The van der Waals surface area contributed by atoms with Gasteiger partial charge in [-0.05, 0) is 42.2 Å². The molecular weight excluding hydrogens is 394 g/mol. The van der Waals surface area contributed by atoms with Crippen molar-refractivity contribution in [2.24, 2.45) is 11.1 Å². The number of carbonyl (C=O) groups excluding carboxylic acids is 3. The van der Waals surface area contributed by atoms with Gasteiger partial charge in [0.15, 0.2) is 0 Å². The van der Waals surface area contributed by atoms with Crippen LogP contribution in [0, 0.1) is 5.41 Å². The highest BCUT2D eigenvalue weighted by Crippen LogP contribution is 2.50. The van der Waals surface area contributed by atoms with Crippen molar-refractivity contribution >= 4 is 40.4 Å². The van der Waals surface area contributed by atoms with Gasteiger partial charge in [-0.3, -0.25) is 14.4 Å². The van der Waals surface area contributed by atoms with Crippen molar-refractivity contribution in [3.63, 3.8) is 0 Å². The topological polar surface area (TPSA) is 92.5 Å². The van der Waals surface area contributed by atoms with Crippen molar-refractivity contribution in [2.45, 2.75) is 31.1 Å². The fourth-order valence-electron chi connectivity index (χ4n) is 3.74. The summed E-state index contributed by atoms with van der Waals surface area (Å²) in [6, 6.07) is 7.92. The van der Waals surface area contributed by atoms with E-state index in [0.29, 0.717) is 12.8 Å². The number of nitrogens with one attached hydrogen (secondary N) is 1. The Bertz CT molecular complexity index is 867. The summed E-state index contributed by atoms with van der Waals surface area (Å²) in [7, 11) is 0. The van der Waals surface area contributed by atoms with Crippen molar-refractivity contribution in [3.05, 3.63) is 44.8 Å². The van der Waals surface area contributed by atoms with Crippen LogP contribution in [0.2, 0.25) is 0 Å². The van der Waals surface area contributed by atoms with E-state index in [1.165, 1.54) is 4.88 Å². The molecule has 0 aromatic carbocycles. The number of hydrogen-bond donors (Lipinski definition) is 2. The van der Waals surface area contributed by atoms with E-state index in [1.54, 1.807) is 27.6 Å². The lowest BCUT2D eigenvalue weighted by atomic mass is 9.78. The molecular formula is C20H23N3O3S2. The summed E-state index contributed by atoms with van der Waals surface area (Å²) in [5, 5.41) is 6.91. The number of carbonyl (C=O) groups is 3. The van der Waals surface area contributed by atoms with Crippen LogP contribution in [0.15, 0.2) is 35.0 Å². The van der Waals surface area contributed by atoms with E-state index in [0.717, 1.165) is 17.7 Å². The van der Waals surface area contributed by atoms with Gasteiger partial charge < -0.3 is 16.0 Å². The number of aryl methyl sites for hydroxylation is 1. The zero-order valence-corrected chi connectivity index (χ0v) is 17.1. The minimum Gasteiger partial charge on any atom is -0.369 e. The zero-order valence-electron chi connectivity index (χ0n) is 15.5. The summed E-state index contributed by atoms with van der Waals surface area (Å²) >= 11 is 3.22. The maximum Gasteiger partial charge on any atom is 0.231 e. The lowest BCUT2D eigenvalue weighted by molar-refractivity contribution is -0.151. The Kier molecular flexibility index (Phi) is 5.01. The summed E-state index contributed by atoms with van der Waals surface area (Å²) in [4.78, 5) is 41.1. The second-order valence-corrected chi connectivity index (χ2v) is 9.70. The number of thiophene rings is 2. The normalized spacial score (nSPS) is 18.9. The number of hydrogen-bond acceptors (Lipinski definition) is 5. The van der Waals surface area contributed by atoms with Gasteiger partial charge in [0.25, 0.3) is 0 Å². The van der Waals surface area contributed by atoms with Crippen molar-refractivity contribution in [1.29, 1.82) is 0 Å². The first-order valence-corrected chi connectivity index (χ1v) is 11.1. The van der Waals surface area contributed by atoms with Crippen molar-refractivity contribution < 1.29 is 14.4 Å². The smallest absolute Gasteiger partial charge is 0.231 e. The second kappa shape index (κ2) is 7.33. The lowest BCUT2D eigenvalue weighted by Crippen LogP contribution is -2.68. The molecule has 1 saturated heterocycles. The van der Waals surface area contributed by atoms with Crippen LogP contribution in [0.25, 0.3) is 0 Å². The van der Waals surface area contributed by atoms with Crippen molar-refractivity contribution in [1.82, 2.24) is 10.2 Å². The molecule has 0 unspecified atom stereocenters. The summed E-state index contributed by atoms with van der Waals surface area (Å²) in [5.41, 5.74) is 4.33. The van der Waals surface area contributed by atoms with Crippen LogP contribution < -0.4 is 11.1 Å². The molecule has 1 aliphatic carbocycles. The number of primary amides is 1. The molecule has 2 aliphatic rings. The van der Waals surface area contributed by atoms with Crippen LogP contribution in [-0.4, -0.2) is 42.3 Å². The van der Waals surface area contributed by atoms with Gasteiger partial charge in [0, 0.05) is 35.8 Å². The van der Waals surface area contributed by atoms with Gasteiger partial charge in [0.1, 0.15) is 5.41 Å². The van der Waals surface area contributed by atoms with Crippen LogP contribution in [0.3, 0.4) is 0 Å². The van der Waals surface area contributed by atoms with Crippen LogP contribution in [0.5, 0.6) is 0 Å². The van der Waals surface area contributed by atoms with E-state index in [1.807, 2.05) is 35.0 Å². The number of rotatable bonds is 8. The van der Waals surface area contributed by atoms with Crippen LogP contribution in [0.1, 0.15) is 29.0 Å². The molecule has 1 saturated carbocycles. The third-order valence-corrected chi connectivity index (χ3v) is 7.80. The van der Waals surface area contributed by atoms with E-state index < -0.39 is 16.7 Å². The number of amides is 3. The summed E-state index contributed by atoms with van der Waals surface area (Å²) < 4.78 is 0. The molecule has 2 aromatic rings. The quantitative estimate of drug-likeness (QED) is 0.687. The molecule has 0 radical (unpaired) electrons. The molecule has 6 nitrogen and oxygen atoms in total. The Morgan fingerprint density at radius 2 is 1.82 bits per heavy atom. The SMILES string of the molecule is NC(=O)C1(CNC(=O)C2(c3cccs3)CC2)CN(C(=O)CCc2cccs2)C1. The van der Waals surface area contributed by atoms with Crippen molar-refractivity contribution in [3.8, 4) is 0 Å². The summed E-state index contributed by atoms with van der Waals surface area (Å²) in [6.07, 6.45) is 2.78. The van der Waals surface area contributed by atoms with E-state index in [2.05, 4.69) is 5.32 Å². The molecule has 0 spiro atoms. The predicted octanol–water partition coefficient (Wildman–Crippen LogP) is 1.90. The van der Waals surface area contributed by atoms with Crippen LogP contribution in [0.4, 0.5) is 0 Å². The third kappa shape index (κ3) is 3.46. The standard InChI is InChI=1S/C20H23N3O3S2/c21-17(25)19(11-22-18(26)20(7-8-20)15-4-2-10-28-15)12-23(13-19)16(24)6-5-14-3-1-9-27-14/h1-4,9-10H,5-8,11-13H2,(H2,21,25)(H,22,26). The average Bonchev–Trinajstić information content (AvgIpc) is 3.06. The summed E-state index contributed by atoms with van der Waals surface area (Å²) in [6.45, 7) is 0.735. The van der Waals surface area contributed by atoms with Gasteiger partial charge in [-0.15, -0.1) is 22.7 Å². The highest BCUT2D eigenvalue weighted by molar-refractivity contribution is 7.10. The molecule has 4 rings (SSSR count). The molecule has 2 fully saturated rings. The number of likely N-dealkylation sites (tertiary alicyclic amines) is 1. The predicted molar refractivity (Wildman–Crippen MR) is 109 cm³/mol. The molecule has 2 aromatic heterocycles. The minimum atomic E-state index is -0.861. The number of nitrogens with zero attached hydrogens (tertiary/aromatic N) is 1. The van der Waals surface area contributed by atoms with Gasteiger partial charge >= 0.3 is 0 Å². The lowest BCUT2D eigenvalue weighted by Gasteiger charge is -2.48. The van der Waals surface area contributed by atoms with Gasteiger partial charge in [-0.25, -0.2) is 0 Å². The molecule has 3 N–H and O–H groups in total. The molecule has 0 atom stereocenters. The molecule has 3 heterocycles. The first-order chi connectivity index (χ1) is 13.5. The van der Waals surface area contributed by atoms with Gasteiger partial charge in [0.05, 0.1) is 5.41 Å². The van der Waals surface area contributed by atoms with Gasteiger partial charge in [-0.1, -0.05) is 12.1 Å². The molecule has 1 aliphatic heterocycles.